The number of rotatable bonds is 12. The molecule has 0 atom stereocenters. The van der Waals surface area contributed by atoms with Crippen molar-refractivity contribution in [3.05, 3.63) is 420 Å². The zero-order valence-corrected chi connectivity index (χ0v) is 51.7. The van der Waals surface area contributed by atoms with Gasteiger partial charge in [-0.2, -0.15) is 0 Å². The van der Waals surface area contributed by atoms with Crippen LogP contribution in [0.15, 0.2) is 364 Å². The first-order chi connectivity index (χ1) is 46.6. The maximum absolute atomic E-state index is 2.48. The molecule has 0 bridgehead atoms. The molecule has 0 amide bonds. The highest BCUT2D eigenvalue weighted by Gasteiger charge is 2.48. The fourth-order valence-corrected chi connectivity index (χ4v) is 15.8. The SMILES string of the molecule is C(=C\c1ccc2c(c1)C(c1ccccc1)(c1ccccc1)c1cc(N(c3ccc4ccccc4c3)c3ccc4ccccc4c3)ccc1-2)/c1ccc2c(c1)C(c1ccccc1)(c1ccccc1)c1cc(N(c3ccc4ccccc4c3)c3ccc4ccccc4c3)ccc1-2. The van der Waals surface area contributed by atoms with Gasteiger partial charge in [-0.1, -0.05) is 291 Å². The molecule has 0 fully saturated rings. The third-order valence-electron chi connectivity index (χ3n) is 20.1. The maximum atomic E-state index is 2.48. The maximum Gasteiger partial charge on any atom is 0.0714 e. The monoisotopic (exact) mass is 1190 g/mol. The first-order valence-electron chi connectivity index (χ1n) is 32.6. The van der Waals surface area contributed by atoms with E-state index in [0.717, 1.165) is 45.3 Å². The summed E-state index contributed by atoms with van der Waals surface area (Å²) in [6.07, 6.45) is 4.66. The fourth-order valence-electron chi connectivity index (χ4n) is 15.8. The number of hydrogen-bond acceptors (Lipinski definition) is 2. The van der Waals surface area contributed by atoms with Crippen molar-refractivity contribution >= 4 is 89.4 Å². The number of hydrogen-bond donors (Lipinski definition) is 0. The van der Waals surface area contributed by atoms with Gasteiger partial charge in [-0.25, -0.2) is 0 Å². The molecule has 0 spiro atoms. The molecule has 2 aliphatic rings. The fraction of sp³-hybridized carbons (Fsp3) is 0.0217. The molecule has 16 aromatic rings. The van der Waals surface area contributed by atoms with Crippen molar-refractivity contribution in [2.24, 2.45) is 0 Å². The molecule has 0 heterocycles. The van der Waals surface area contributed by atoms with Crippen molar-refractivity contribution in [2.75, 3.05) is 9.80 Å². The van der Waals surface area contributed by atoms with Gasteiger partial charge in [0.05, 0.1) is 10.8 Å². The summed E-state index contributed by atoms with van der Waals surface area (Å²) in [5.41, 5.74) is 22.4. The second-order valence-electron chi connectivity index (χ2n) is 25.2. The Morgan fingerprint density at radius 1 is 0.181 bits per heavy atom. The average molecular weight is 1200 g/mol. The predicted octanol–water partition coefficient (Wildman–Crippen LogP) is 24.1. The Morgan fingerprint density at radius 2 is 0.404 bits per heavy atom. The lowest BCUT2D eigenvalue weighted by Gasteiger charge is -2.35. The summed E-state index contributed by atoms with van der Waals surface area (Å²) in [7, 11) is 0. The van der Waals surface area contributed by atoms with Crippen molar-refractivity contribution in [3.8, 4) is 22.3 Å². The standard InChI is InChI=1S/C92H62N2/c1-5-29-73(30-6-1)91(74-31-7-2-8-32-74)87-55-63(39-51-83(87)85-53-49-81(61-89(85)91)93(77-45-41-65-21-13-17-25-69(65)57-77)78-46-42-66-22-14-18-26-70(66)58-78)37-38-64-40-52-84-86-54-50-82(62-90(86)92(88(84)56-64,75-33-9-3-10-34-75)76-35-11-4-12-36-76)94(79-47-43-67-23-15-19-27-71(67)59-79)80-48-44-68-24-16-20-28-72(68)60-80/h1-62H/b38-37+. The Morgan fingerprint density at radius 3 is 0.691 bits per heavy atom. The molecular weight excluding hydrogens is 1130 g/mol. The normalized spacial score (nSPS) is 13.2. The van der Waals surface area contributed by atoms with Crippen LogP contribution in [-0.2, 0) is 10.8 Å². The van der Waals surface area contributed by atoms with Gasteiger partial charge in [-0.15, -0.1) is 0 Å². The number of nitrogens with zero attached hydrogens (tertiary/aromatic N) is 2. The first-order valence-corrected chi connectivity index (χ1v) is 32.6. The molecule has 0 unspecified atom stereocenters. The van der Waals surface area contributed by atoms with Crippen molar-refractivity contribution in [1.29, 1.82) is 0 Å². The van der Waals surface area contributed by atoms with Crippen molar-refractivity contribution < 1.29 is 0 Å². The van der Waals surface area contributed by atoms with Gasteiger partial charge >= 0.3 is 0 Å². The molecule has 0 N–H and O–H groups in total. The molecule has 94 heavy (non-hydrogen) atoms. The van der Waals surface area contributed by atoms with Crippen LogP contribution >= 0.6 is 0 Å². The third-order valence-corrected chi connectivity index (χ3v) is 20.1. The summed E-state index contributed by atoms with van der Waals surface area (Å²) in [5, 5.41) is 9.66. The quantitative estimate of drug-likeness (QED) is 0.113. The Kier molecular flexibility index (Phi) is 13.0. The number of anilines is 6. The molecule has 0 saturated heterocycles. The van der Waals surface area contributed by atoms with Gasteiger partial charge in [0.15, 0.2) is 0 Å². The molecule has 18 rings (SSSR count). The summed E-state index contributed by atoms with van der Waals surface area (Å²) in [6.45, 7) is 0. The lowest BCUT2D eigenvalue weighted by molar-refractivity contribution is 0.768. The summed E-state index contributed by atoms with van der Waals surface area (Å²) in [4.78, 5) is 4.89. The van der Waals surface area contributed by atoms with Crippen LogP contribution in [0.5, 0.6) is 0 Å². The zero-order chi connectivity index (χ0) is 62.2. The van der Waals surface area contributed by atoms with E-state index in [1.165, 1.54) is 110 Å². The van der Waals surface area contributed by atoms with Crippen LogP contribution in [0, 0.1) is 0 Å². The smallest absolute Gasteiger partial charge is 0.0714 e. The lowest BCUT2D eigenvalue weighted by Crippen LogP contribution is -2.29. The molecule has 2 nitrogen and oxygen atoms in total. The van der Waals surface area contributed by atoms with E-state index >= 15 is 0 Å². The van der Waals surface area contributed by atoms with E-state index in [1.807, 2.05) is 0 Å². The Labute approximate surface area is 548 Å². The van der Waals surface area contributed by atoms with Gasteiger partial charge in [0, 0.05) is 34.1 Å². The highest BCUT2D eigenvalue weighted by molar-refractivity contribution is 5.98. The third kappa shape index (κ3) is 8.86. The van der Waals surface area contributed by atoms with Crippen LogP contribution in [0.2, 0.25) is 0 Å². The van der Waals surface area contributed by atoms with Crippen LogP contribution < -0.4 is 9.80 Å². The highest BCUT2D eigenvalue weighted by atomic mass is 15.1. The molecule has 0 radical (unpaired) electrons. The van der Waals surface area contributed by atoms with Crippen molar-refractivity contribution in [3.63, 3.8) is 0 Å². The minimum absolute atomic E-state index is 0.660. The molecule has 0 aliphatic heterocycles. The van der Waals surface area contributed by atoms with E-state index in [2.05, 4.69) is 386 Å². The lowest BCUT2D eigenvalue weighted by atomic mass is 9.67. The molecular formula is C92H62N2. The summed E-state index contributed by atoms with van der Waals surface area (Å²) in [6, 6.07) is 136. The molecule has 440 valence electrons. The molecule has 2 heteroatoms. The van der Waals surface area contributed by atoms with E-state index in [-0.39, 0.29) is 0 Å². The van der Waals surface area contributed by atoms with Crippen molar-refractivity contribution in [2.45, 2.75) is 10.8 Å². The predicted molar refractivity (Wildman–Crippen MR) is 396 cm³/mol. The topological polar surface area (TPSA) is 6.48 Å². The van der Waals surface area contributed by atoms with Gasteiger partial charge in [-0.05, 0) is 206 Å². The van der Waals surface area contributed by atoms with Crippen LogP contribution in [0.3, 0.4) is 0 Å². The van der Waals surface area contributed by atoms with Crippen LogP contribution in [-0.4, -0.2) is 0 Å². The second-order valence-corrected chi connectivity index (χ2v) is 25.2. The number of fused-ring (bicyclic) bond motifs is 10. The van der Waals surface area contributed by atoms with Crippen LogP contribution in [0.25, 0.3) is 77.5 Å². The minimum Gasteiger partial charge on any atom is -0.310 e. The summed E-state index contributed by atoms with van der Waals surface area (Å²) >= 11 is 0. The van der Waals surface area contributed by atoms with Gasteiger partial charge in [0.1, 0.15) is 0 Å². The molecule has 0 saturated carbocycles. The average Bonchev–Trinajstić information content (AvgIpc) is 1.58. The molecule has 0 aromatic heterocycles. The van der Waals surface area contributed by atoms with E-state index in [1.54, 1.807) is 0 Å². The Hall–Kier alpha value is -12.1. The minimum atomic E-state index is -0.660. The van der Waals surface area contributed by atoms with Gasteiger partial charge < -0.3 is 9.80 Å². The largest absolute Gasteiger partial charge is 0.310 e. The van der Waals surface area contributed by atoms with E-state index in [4.69, 9.17) is 0 Å². The Bertz CT molecular complexity index is 5050. The summed E-state index contributed by atoms with van der Waals surface area (Å²) in [5.74, 6) is 0. The Balaban J connectivity index is 0.786. The van der Waals surface area contributed by atoms with Crippen LogP contribution in [0.1, 0.15) is 55.6 Å². The number of benzene rings is 16. The van der Waals surface area contributed by atoms with Gasteiger partial charge in [0.25, 0.3) is 0 Å². The van der Waals surface area contributed by atoms with E-state index in [9.17, 15) is 0 Å². The van der Waals surface area contributed by atoms with Crippen molar-refractivity contribution in [1.82, 2.24) is 0 Å². The van der Waals surface area contributed by atoms with Crippen LogP contribution in [0.4, 0.5) is 34.1 Å². The van der Waals surface area contributed by atoms with E-state index in [0.29, 0.717) is 0 Å². The van der Waals surface area contributed by atoms with E-state index < -0.39 is 10.8 Å². The zero-order valence-electron chi connectivity index (χ0n) is 51.7. The molecule has 16 aromatic carbocycles. The highest BCUT2D eigenvalue weighted by Crippen LogP contribution is 2.60. The first kappa shape index (κ1) is 54.8. The molecule has 2 aliphatic carbocycles. The summed E-state index contributed by atoms with van der Waals surface area (Å²) < 4.78 is 0. The second kappa shape index (κ2) is 22.4. The van der Waals surface area contributed by atoms with Gasteiger partial charge in [0.2, 0.25) is 0 Å². The van der Waals surface area contributed by atoms with Gasteiger partial charge in [-0.3, -0.25) is 0 Å².